The molecule has 0 aromatic heterocycles. The van der Waals surface area contributed by atoms with Crippen molar-refractivity contribution in [2.24, 2.45) is 0 Å². The highest BCUT2D eigenvalue weighted by Gasteiger charge is 2.33. The quantitative estimate of drug-likeness (QED) is 0.649. The normalized spacial score (nSPS) is 13.0. The van der Waals surface area contributed by atoms with Crippen LogP contribution in [0.2, 0.25) is 0 Å². The minimum atomic E-state index is -0.863. The lowest BCUT2D eigenvalue weighted by atomic mass is 9.96. The summed E-state index contributed by atoms with van der Waals surface area (Å²) in [6, 6.07) is 7.08. The van der Waals surface area contributed by atoms with E-state index in [1.807, 2.05) is 13.8 Å². The molecule has 0 saturated heterocycles. The molecule has 1 N–H and O–H groups in total. The van der Waals surface area contributed by atoms with Crippen LogP contribution in [0, 0.1) is 11.3 Å². The first-order valence-corrected chi connectivity index (χ1v) is 8.54. The van der Waals surface area contributed by atoms with Gasteiger partial charge >= 0.3 is 0 Å². The van der Waals surface area contributed by atoms with Crippen LogP contribution in [0.5, 0.6) is 5.75 Å². The van der Waals surface area contributed by atoms with Gasteiger partial charge in [0.25, 0.3) is 5.91 Å². The van der Waals surface area contributed by atoms with Crippen molar-refractivity contribution in [3.8, 4) is 11.8 Å². The first kappa shape index (κ1) is 20.0. The minimum absolute atomic E-state index is 0.180. The lowest BCUT2D eigenvalue weighted by Crippen LogP contribution is -2.43. The zero-order valence-electron chi connectivity index (χ0n) is 15.1. The Bertz CT molecular complexity index is 580. The Labute approximate surface area is 145 Å². The smallest absolute Gasteiger partial charge is 0.256 e. The standard InChI is InChI=1S/C19H28N2O3/c1-5-7-8-11-19(3,24-12-6-2)18(22)21-16-9-10-17(23-4)15(13-16)14-20/h9-10,13H,5-8,11-12H2,1-4H3,(H,21,22). The van der Waals surface area contributed by atoms with Gasteiger partial charge in [-0.25, -0.2) is 0 Å². The van der Waals surface area contributed by atoms with Crippen LogP contribution in [0.25, 0.3) is 0 Å². The summed E-state index contributed by atoms with van der Waals surface area (Å²) >= 11 is 0. The van der Waals surface area contributed by atoms with Gasteiger partial charge in [-0.15, -0.1) is 0 Å². The minimum Gasteiger partial charge on any atom is -0.495 e. The van der Waals surface area contributed by atoms with E-state index in [2.05, 4.69) is 18.3 Å². The fourth-order valence-electron chi connectivity index (χ4n) is 2.43. The average molecular weight is 332 g/mol. The van der Waals surface area contributed by atoms with E-state index in [-0.39, 0.29) is 5.91 Å². The fraction of sp³-hybridized carbons (Fsp3) is 0.579. The maximum absolute atomic E-state index is 12.7. The summed E-state index contributed by atoms with van der Waals surface area (Å²) in [7, 11) is 1.51. The summed E-state index contributed by atoms with van der Waals surface area (Å²) in [5.74, 6) is 0.310. The first-order valence-electron chi connectivity index (χ1n) is 8.54. The van der Waals surface area contributed by atoms with Gasteiger partial charge in [-0.05, 0) is 38.0 Å². The Kier molecular flexibility index (Phi) is 8.28. The topological polar surface area (TPSA) is 71.3 Å². The Morgan fingerprint density at radius 2 is 2.04 bits per heavy atom. The second kappa shape index (κ2) is 9.94. The number of hydrogen-bond acceptors (Lipinski definition) is 4. The van der Waals surface area contributed by atoms with Crippen LogP contribution < -0.4 is 10.1 Å². The molecule has 0 saturated carbocycles. The van der Waals surface area contributed by atoms with E-state index < -0.39 is 5.60 Å². The maximum Gasteiger partial charge on any atom is 0.256 e. The molecule has 1 aromatic carbocycles. The molecule has 5 nitrogen and oxygen atoms in total. The molecule has 0 fully saturated rings. The monoisotopic (exact) mass is 332 g/mol. The van der Waals surface area contributed by atoms with E-state index in [0.717, 1.165) is 25.7 Å². The Morgan fingerprint density at radius 1 is 1.29 bits per heavy atom. The second-order valence-electron chi connectivity index (χ2n) is 6.02. The second-order valence-corrected chi connectivity index (χ2v) is 6.02. The van der Waals surface area contributed by atoms with Gasteiger partial charge in [0.05, 0.1) is 12.7 Å². The number of carbonyl (C=O) groups is 1. The van der Waals surface area contributed by atoms with Gasteiger partial charge in [-0.2, -0.15) is 5.26 Å². The molecule has 24 heavy (non-hydrogen) atoms. The zero-order valence-corrected chi connectivity index (χ0v) is 15.1. The molecule has 0 radical (unpaired) electrons. The van der Waals surface area contributed by atoms with E-state index in [1.54, 1.807) is 18.2 Å². The van der Waals surface area contributed by atoms with Crippen LogP contribution in [-0.2, 0) is 9.53 Å². The predicted octanol–water partition coefficient (Wildman–Crippen LogP) is 4.27. The van der Waals surface area contributed by atoms with Crippen LogP contribution in [0.1, 0.15) is 58.4 Å². The highest BCUT2D eigenvalue weighted by atomic mass is 16.5. The molecule has 0 heterocycles. The highest BCUT2D eigenvalue weighted by Crippen LogP contribution is 2.25. The van der Waals surface area contributed by atoms with Gasteiger partial charge in [-0.3, -0.25) is 4.79 Å². The Morgan fingerprint density at radius 3 is 2.62 bits per heavy atom. The summed E-state index contributed by atoms with van der Waals surface area (Å²) < 4.78 is 11.0. The number of anilines is 1. The number of nitriles is 1. The van der Waals surface area contributed by atoms with Gasteiger partial charge in [0.1, 0.15) is 17.4 Å². The molecule has 1 aromatic rings. The van der Waals surface area contributed by atoms with E-state index in [4.69, 9.17) is 14.7 Å². The Hall–Kier alpha value is -2.06. The molecule has 1 atom stereocenters. The number of carbonyl (C=O) groups excluding carboxylic acids is 1. The molecule has 0 aliphatic carbocycles. The van der Waals surface area contributed by atoms with Crippen molar-refractivity contribution in [1.29, 1.82) is 5.26 Å². The van der Waals surface area contributed by atoms with Crippen molar-refractivity contribution in [3.63, 3.8) is 0 Å². The third-order valence-electron chi connectivity index (χ3n) is 3.94. The predicted molar refractivity (Wildman–Crippen MR) is 95.1 cm³/mol. The SMILES string of the molecule is CCCCCC(C)(OCCC)C(=O)Nc1ccc(OC)c(C#N)c1. The highest BCUT2D eigenvalue weighted by molar-refractivity contribution is 5.97. The molecule has 5 heteroatoms. The number of ether oxygens (including phenoxy) is 2. The van der Waals surface area contributed by atoms with Crippen LogP contribution in [-0.4, -0.2) is 25.2 Å². The number of unbranched alkanes of at least 4 members (excludes halogenated alkanes) is 2. The molecule has 1 rings (SSSR count). The zero-order chi connectivity index (χ0) is 18.0. The van der Waals surface area contributed by atoms with Gasteiger partial charge in [-0.1, -0.05) is 33.1 Å². The summed E-state index contributed by atoms with van der Waals surface area (Å²) in [5, 5.41) is 12.0. The van der Waals surface area contributed by atoms with Crippen LogP contribution in [0.3, 0.4) is 0 Å². The molecular weight excluding hydrogens is 304 g/mol. The lowest BCUT2D eigenvalue weighted by Gasteiger charge is -2.29. The van der Waals surface area contributed by atoms with Gasteiger partial charge in [0.15, 0.2) is 0 Å². The van der Waals surface area contributed by atoms with Crippen LogP contribution >= 0.6 is 0 Å². The number of hydrogen-bond donors (Lipinski definition) is 1. The number of benzene rings is 1. The van der Waals surface area contributed by atoms with Crippen molar-refractivity contribution in [2.75, 3.05) is 19.0 Å². The Balaban J connectivity index is 2.88. The number of rotatable bonds is 10. The van der Waals surface area contributed by atoms with E-state index in [9.17, 15) is 4.79 Å². The lowest BCUT2D eigenvalue weighted by molar-refractivity contribution is -0.140. The van der Waals surface area contributed by atoms with Crippen molar-refractivity contribution in [2.45, 2.75) is 58.5 Å². The molecule has 0 aliphatic rings. The van der Waals surface area contributed by atoms with Crippen LogP contribution in [0.4, 0.5) is 5.69 Å². The summed E-state index contributed by atoms with van der Waals surface area (Å²) in [4.78, 5) is 12.7. The summed E-state index contributed by atoms with van der Waals surface area (Å²) in [6.07, 6.45) is 4.64. The summed E-state index contributed by atoms with van der Waals surface area (Å²) in [5.41, 5.74) is 0.0920. The third-order valence-corrected chi connectivity index (χ3v) is 3.94. The van der Waals surface area contributed by atoms with Crippen molar-refractivity contribution >= 4 is 11.6 Å². The third kappa shape index (κ3) is 5.54. The maximum atomic E-state index is 12.7. The van der Waals surface area contributed by atoms with Crippen LogP contribution in [0.15, 0.2) is 18.2 Å². The molecule has 0 bridgehead atoms. The average Bonchev–Trinajstić information content (AvgIpc) is 2.60. The van der Waals surface area contributed by atoms with Gasteiger partial charge in [0.2, 0.25) is 0 Å². The number of amides is 1. The number of nitrogens with zero attached hydrogens (tertiary/aromatic N) is 1. The fourth-order valence-corrected chi connectivity index (χ4v) is 2.43. The van der Waals surface area contributed by atoms with Crippen molar-refractivity contribution in [1.82, 2.24) is 0 Å². The van der Waals surface area contributed by atoms with E-state index in [0.29, 0.717) is 30.0 Å². The molecule has 0 spiro atoms. The van der Waals surface area contributed by atoms with Crippen molar-refractivity contribution < 1.29 is 14.3 Å². The molecular formula is C19H28N2O3. The largest absolute Gasteiger partial charge is 0.495 e. The molecule has 1 amide bonds. The molecule has 0 aliphatic heterocycles. The van der Waals surface area contributed by atoms with E-state index >= 15 is 0 Å². The first-order chi connectivity index (χ1) is 11.5. The van der Waals surface area contributed by atoms with E-state index in [1.165, 1.54) is 7.11 Å². The van der Waals surface area contributed by atoms with Gasteiger partial charge in [0, 0.05) is 12.3 Å². The summed E-state index contributed by atoms with van der Waals surface area (Å²) in [6.45, 7) is 6.53. The van der Waals surface area contributed by atoms with Gasteiger partial charge < -0.3 is 14.8 Å². The molecule has 1 unspecified atom stereocenters. The number of nitrogens with one attached hydrogen (secondary N) is 1. The van der Waals surface area contributed by atoms with Crippen molar-refractivity contribution in [3.05, 3.63) is 23.8 Å². The number of methoxy groups -OCH3 is 1. The molecule has 132 valence electrons.